The number of anilines is 1. The van der Waals surface area contributed by atoms with Crippen LogP contribution < -0.4 is 5.32 Å². The van der Waals surface area contributed by atoms with Crippen LogP contribution in [0.25, 0.3) is 11.3 Å². The monoisotopic (exact) mass is 334 g/mol. The summed E-state index contributed by atoms with van der Waals surface area (Å²) < 4.78 is 0. The number of hydrogen-bond acceptors (Lipinski definition) is 3. The van der Waals surface area contributed by atoms with Crippen molar-refractivity contribution in [2.75, 3.05) is 5.32 Å². The minimum absolute atomic E-state index is 0.0858. The van der Waals surface area contributed by atoms with Gasteiger partial charge < -0.3 is 0 Å². The molecular formula is C20H18N2OS. The molecule has 0 atom stereocenters. The maximum absolute atomic E-state index is 12.5. The molecule has 1 aliphatic rings. The molecule has 4 heteroatoms. The van der Waals surface area contributed by atoms with Crippen LogP contribution in [0.5, 0.6) is 0 Å². The lowest BCUT2D eigenvalue weighted by atomic mass is 9.90. The van der Waals surface area contributed by atoms with Gasteiger partial charge in [0.15, 0.2) is 5.13 Å². The van der Waals surface area contributed by atoms with Gasteiger partial charge in [-0.25, -0.2) is 4.98 Å². The van der Waals surface area contributed by atoms with Crippen LogP contribution in [0.1, 0.15) is 34.3 Å². The standard InChI is InChI=1S/C20H18N2OS/c23-19(17-11-10-14-6-4-5-9-16(14)12-17)22-20-21-18(13-24-20)15-7-2-1-3-8-15/h1-3,7-8,10-13H,4-6,9H2,(H,21,22,23). The summed E-state index contributed by atoms with van der Waals surface area (Å²) in [6.45, 7) is 0. The summed E-state index contributed by atoms with van der Waals surface area (Å²) in [6.07, 6.45) is 4.67. The van der Waals surface area contributed by atoms with E-state index in [0.717, 1.165) is 24.1 Å². The lowest BCUT2D eigenvalue weighted by molar-refractivity contribution is 0.102. The fourth-order valence-electron chi connectivity index (χ4n) is 3.12. The molecule has 0 radical (unpaired) electrons. The quantitative estimate of drug-likeness (QED) is 0.737. The fraction of sp³-hybridized carbons (Fsp3) is 0.200. The van der Waals surface area contributed by atoms with Crippen LogP contribution in [0, 0.1) is 0 Å². The Morgan fingerprint density at radius 1 is 1.00 bits per heavy atom. The number of rotatable bonds is 3. The normalized spacial score (nSPS) is 13.3. The van der Waals surface area contributed by atoms with Crippen molar-refractivity contribution in [3.8, 4) is 11.3 Å². The first-order valence-corrected chi connectivity index (χ1v) is 9.12. The maximum Gasteiger partial charge on any atom is 0.257 e. The number of hydrogen-bond donors (Lipinski definition) is 1. The van der Waals surface area contributed by atoms with Crippen LogP contribution >= 0.6 is 11.3 Å². The van der Waals surface area contributed by atoms with Crippen molar-refractivity contribution in [3.63, 3.8) is 0 Å². The van der Waals surface area contributed by atoms with E-state index in [9.17, 15) is 4.79 Å². The summed E-state index contributed by atoms with van der Waals surface area (Å²) in [7, 11) is 0. The first-order valence-electron chi connectivity index (χ1n) is 8.24. The topological polar surface area (TPSA) is 42.0 Å². The van der Waals surface area contributed by atoms with Crippen LogP contribution in [-0.2, 0) is 12.8 Å². The molecule has 120 valence electrons. The molecule has 0 saturated heterocycles. The van der Waals surface area contributed by atoms with Gasteiger partial charge in [-0.2, -0.15) is 0 Å². The zero-order valence-corrected chi connectivity index (χ0v) is 14.1. The van der Waals surface area contributed by atoms with Crippen LogP contribution in [-0.4, -0.2) is 10.9 Å². The predicted molar refractivity (Wildman–Crippen MR) is 98.6 cm³/mol. The Balaban J connectivity index is 1.51. The van der Waals surface area contributed by atoms with Gasteiger partial charge in [-0.15, -0.1) is 11.3 Å². The van der Waals surface area contributed by atoms with E-state index in [2.05, 4.69) is 16.4 Å². The van der Waals surface area contributed by atoms with E-state index in [1.807, 2.05) is 47.8 Å². The Morgan fingerprint density at radius 3 is 2.62 bits per heavy atom. The summed E-state index contributed by atoms with van der Waals surface area (Å²) in [4.78, 5) is 17.0. The molecule has 0 spiro atoms. The second-order valence-electron chi connectivity index (χ2n) is 6.05. The van der Waals surface area contributed by atoms with E-state index in [1.54, 1.807) is 0 Å². The lowest BCUT2D eigenvalue weighted by Crippen LogP contribution is -2.13. The highest BCUT2D eigenvalue weighted by atomic mass is 32.1. The first-order chi connectivity index (χ1) is 11.8. The molecule has 3 nitrogen and oxygen atoms in total. The van der Waals surface area contributed by atoms with Crippen molar-refractivity contribution in [1.29, 1.82) is 0 Å². The highest BCUT2D eigenvalue weighted by Crippen LogP contribution is 2.26. The number of carbonyl (C=O) groups excluding carboxylic acids is 1. The zero-order valence-electron chi connectivity index (χ0n) is 13.3. The molecule has 3 aromatic rings. The number of amides is 1. The Labute approximate surface area is 145 Å². The first kappa shape index (κ1) is 15.1. The van der Waals surface area contributed by atoms with E-state index < -0.39 is 0 Å². The largest absolute Gasteiger partial charge is 0.298 e. The second kappa shape index (κ2) is 6.57. The molecule has 4 rings (SSSR count). The van der Waals surface area contributed by atoms with Crippen LogP contribution in [0.2, 0.25) is 0 Å². The molecule has 1 heterocycles. The number of aromatic nitrogens is 1. The highest BCUT2D eigenvalue weighted by Gasteiger charge is 2.14. The smallest absolute Gasteiger partial charge is 0.257 e. The van der Waals surface area contributed by atoms with Crippen molar-refractivity contribution >= 4 is 22.4 Å². The van der Waals surface area contributed by atoms with Crippen molar-refractivity contribution in [1.82, 2.24) is 4.98 Å². The van der Waals surface area contributed by atoms with Gasteiger partial charge in [0, 0.05) is 16.5 Å². The van der Waals surface area contributed by atoms with Crippen LogP contribution in [0.15, 0.2) is 53.9 Å². The predicted octanol–water partition coefficient (Wildman–Crippen LogP) is 4.94. The molecular weight excluding hydrogens is 316 g/mol. The molecule has 0 fully saturated rings. The number of fused-ring (bicyclic) bond motifs is 1. The molecule has 24 heavy (non-hydrogen) atoms. The molecule has 0 aliphatic heterocycles. The summed E-state index contributed by atoms with van der Waals surface area (Å²) in [6, 6.07) is 16.0. The Kier molecular flexibility index (Phi) is 4.13. The van der Waals surface area contributed by atoms with E-state index in [0.29, 0.717) is 10.7 Å². The maximum atomic E-state index is 12.5. The van der Waals surface area contributed by atoms with E-state index in [1.165, 1.54) is 35.3 Å². The van der Waals surface area contributed by atoms with E-state index >= 15 is 0 Å². The molecule has 1 amide bonds. The Morgan fingerprint density at radius 2 is 1.79 bits per heavy atom. The number of nitrogens with zero attached hydrogens (tertiary/aromatic N) is 1. The van der Waals surface area contributed by atoms with Crippen molar-refractivity contribution in [3.05, 3.63) is 70.6 Å². The molecule has 1 aromatic heterocycles. The SMILES string of the molecule is O=C(Nc1nc(-c2ccccc2)cs1)c1ccc2c(c1)CCCC2. The lowest BCUT2D eigenvalue weighted by Gasteiger charge is -2.16. The van der Waals surface area contributed by atoms with Crippen molar-refractivity contribution < 1.29 is 4.79 Å². The third kappa shape index (κ3) is 3.10. The van der Waals surface area contributed by atoms with Gasteiger partial charge in [-0.1, -0.05) is 36.4 Å². The van der Waals surface area contributed by atoms with Gasteiger partial charge in [-0.3, -0.25) is 10.1 Å². The van der Waals surface area contributed by atoms with Gasteiger partial charge in [-0.05, 0) is 48.9 Å². The van der Waals surface area contributed by atoms with E-state index in [4.69, 9.17) is 0 Å². The number of aryl methyl sites for hydroxylation is 2. The van der Waals surface area contributed by atoms with Crippen molar-refractivity contribution in [2.24, 2.45) is 0 Å². The van der Waals surface area contributed by atoms with Gasteiger partial charge >= 0.3 is 0 Å². The van der Waals surface area contributed by atoms with Gasteiger partial charge in [0.2, 0.25) is 0 Å². The number of thiazole rings is 1. The minimum Gasteiger partial charge on any atom is -0.298 e. The highest BCUT2D eigenvalue weighted by molar-refractivity contribution is 7.14. The molecule has 1 aliphatic carbocycles. The second-order valence-corrected chi connectivity index (χ2v) is 6.91. The minimum atomic E-state index is -0.0858. The third-order valence-corrected chi connectivity index (χ3v) is 5.16. The van der Waals surface area contributed by atoms with Gasteiger partial charge in [0.25, 0.3) is 5.91 Å². The van der Waals surface area contributed by atoms with Crippen LogP contribution in [0.4, 0.5) is 5.13 Å². The average molecular weight is 334 g/mol. The average Bonchev–Trinajstić information content (AvgIpc) is 3.10. The van der Waals surface area contributed by atoms with Crippen LogP contribution in [0.3, 0.4) is 0 Å². The molecule has 1 N–H and O–H groups in total. The summed E-state index contributed by atoms with van der Waals surface area (Å²) in [5.74, 6) is -0.0858. The number of benzene rings is 2. The molecule has 0 unspecified atom stereocenters. The third-order valence-electron chi connectivity index (χ3n) is 4.40. The summed E-state index contributed by atoms with van der Waals surface area (Å²) in [5.41, 5.74) is 5.37. The number of carbonyl (C=O) groups is 1. The molecule has 2 aromatic carbocycles. The molecule has 0 bridgehead atoms. The fourth-order valence-corrected chi connectivity index (χ4v) is 3.83. The van der Waals surface area contributed by atoms with E-state index in [-0.39, 0.29) is 5.91 Å². The van der Waals surface area contributed by atoms with Crippen molar-refractivity contribution in [2.45, 2.75) is 25.7 Å². The molecule has 0 saturated carbocycles. The summed E-state index contributed by atoms with van der Waals surface area (Å²) in [5, 5.41) is 5.53. The van der Waals surface area contributed by atoms with Gasteiger partial charge in [0.1, 0.15) is 0 Å². The Hall–Kier alpha value is -2.46. The summed E-state index contributed by atoms with van der Waals surface area (Å²) >= 11 is 1.45. The Bertz CT molecular complexity index is 870. The van der Waals surface area contributed by atoms with Gasteiger partial charge in [0.05, 0.1) is 5.69 Å². The number of nitrogens with one attached hydrogen (secondary N) is 1. The zero-order chi connectivity index (χ0) is 16.4.